The lowest BCUT2D eigenvalue weighted by molar-refractivity contribution is 0.102. The zero-order valence-electron chi connectivity index (χ0n) is 15.0. The molecule has 2 rings (SSSR count). The van der Waals surface area contributed by atoms with Crippen LogP contribution in [0.15, 0.2) is 42.0 Å². The highest BCUT2D eigenvalue weighted by molar-refractivity contribution is 6.13. The Bertz CT molecular complexity index is 796. The first-order chi connectivity index (χ1) is 12.0. The SMILES string of the molecule is CCC(=Cc1ccc(OC)c(N)c1)C(=O)c1cc(OC)ccc1OC. The number of ether oxygens (including phenoxy) is 3. The molecule has 0 saturated heterocycles. The maximum atomic E-state index is 13.0. The lowest BCUT2D eigenvalue weighted by Crippen LogP contribution is -2.06. The molecule has 0 saturated carbocycles. The minimum absolute atomic E-state index is 0.104. The highest BCUT2D eigenvalue weighted by Crippen LogP contribution is 2.29. The average molecular weight is 341 g/mol. The van der Waals surface area contributed by atoms with E-state index in [0.29, 0.717) is 40.5 Å². The summed E-state index contributed by atoms with van der Waals surface area (Å²) in [5, 5.41) is 0. The highest BCUT2D eigenvalue weighted by Gasteiger charge is 2.17. The summed E-state index contributed by atoms with van der Waals surface area (Å²) in [6.07, 6.45) is 2.40. The quantitative estimate of drug-likeness (QED) is 0.469. The molecule has 0 aliphatic heterocycles. The van der Waals surface area contributed by atoms with Crippen molar-refractivity contribution in [1.82, 2.24) is 0 Å². The maximum Gasteiger partial charge on any atom is 0.192 e. The van der Waals surface area contributed by atoms with Gasteiger partial charge in [0.2, 0.25) is 0 Å². The Balaban J connectivity index is 2.43. The fraction of sp³-hybridized carbons (Fsp3) is 0.250. The number of hydrogen-bond donors (Lipinski definition) is 1. The van der Waals surface area contributed by atoms with Crippen LogP contribution < -0.4 is 19.9 Å². The molecule has 2 aromatic carbocycles. The molecule has 5 heteroatoms. The summed E-state index contributed by atoms with van der Waals surface area (Å²) in [6, 6.07) is 10.6. The number of methoxy groups -OCH3 is 3. The van der Waals surface area contributed by atoms with Crippen LogP contribution in [0.3, 0.4) is 0 Å². The van der Waals surface area contributed by atoms with E-state index in [1.807, 2.05) is 19.1 Å². The molecule has 0 aliphatic rings. The van der Waals surface area contributed by atoms with Crippen molar-refractivity contribution in [1.29, 1.82) is 0 Å². The first kappa shape index (κ1) is 18.4. The molecule has 0 unspecified atom stereocenters. The van der Waals surface area contributed by atoms with Gasteiger partial charge in [-0.05, 0) is 48.4 Å². The Morgan fingerprint density at radius 3 is 2.24 bits per heavy atom. The van der Waals surface area contributed by atoms with E-state index in [1.165, 1.54) is 7.11 Å². The molecule has 25 heavy (non-hydrogen) atoms. The van der Waals surface area contributed by atoms with Gasteiger partial charge in [-0.3, -0.25) is 4.79 Å². The van der Waals surface area contributed by atoms with Crippen LogP contribution in [-0.4, -0.2) is 27.1 Å². The van der Waals surface area contributed by atoms with E-state index in [4.69, 9.17) is 19.9 Å². The van der Waals surface area contributed by atoms with Gasteiger partial charge in [-0.25, -0.2) is 0 Å². The number of carbonyl (C=O) groups is 1. The van der Waals surface area contributed by atoms with Gasteiger partial charge in [0.05, 0.1) is 32.6 Å². The minimum Gasteiger partial charge on any atom is -0.497 e. The number of anilines is 1. The Labute approximate surface area is 148 Å². The summed E-state index contributed by atoms with van der Waals surface area (Å²) in [7, 11) is 4.67. The predicted octanol–water partition coefficient (Wildman–Crippen LogP) is 3.97. The third-order valence-corrected chi connectivity index (χ3v) is 3.92. The second-order valence-corrected chi connectivity index (χ2v) is 5.42. The van der Waals surface area contributed by atoms with E-state index >= 15 is 0 Å². The second kappa shape index (κ2) is 8.24. The van der Waals surface area contributed by atoms with Crippen molar-refractivity contribution < 1.29 is 19.0 Å². The van der Waals surface area contributed by atoms with Gasteiger partial charge in [0.25, 0.3) is 0 Å². The first-order valence-electron chi connectivity index (χ1n) is 7.94. The summed E-state index contributed by atoms with van der Waals surface area (Å²) in [5.74, 6) is 1.62. The third kappa shape index (κ3) is 4.12. The van der Waals surface area contributed by atoms with E-state index in [1.54, 1.807) is 44.6 Å². The number of nitrogen functional groups attached to an aromatic ring is 1. The molecule has 0 amide bonds. The summed E-state index contributed by atoms with van der Waals surface area (Å²) < 4.78 is 15.7. The summed E-state index contributed by atoms with van der Waals surface area (Å²) in [5.41, 5.74) is 8.43. The van der Waals surface area contributed by atoms with Crippen molar-refractivity contribution >= 4 is 17.5 Å². The molecule has 0 atom stereocenters. The minimum atomic E-state index is -0.104. The number of nitrogens with two attached hydrogens (primary N) is 1. The molecule has 0 aliphatic carbocycles. The van der Waals surface area contributed by atoms with Crippen LogP contribution >= 0.6 is 0 Å². The standard InChI is InChI=1S/C20H23NO4/c1-5-14(10-13-6-8-19(25-4)17(21)11-13)20(22)16-12-15(23-2)7-9-18(16)24-3/h6-12H,5,21H2,1-4H3. The predicted molar refractivity (Wildman–Crippen MR) is 99.6 cm³/mol. The largest absolute Gasteiger partial charge is 0.497 e. The van der Waals surface area contributed by atoms with Crippen molar-refractivity contribution in [2.75, 3.05) is 27.1 Å². The molecule has 132 valence electrons. The van der Waals surface area contributed by atoms with Gasteiger partial charge in [-0.1, -0.05) is 13.0 Å². The van der Waals surface area contributed by atoms with Crippen molar-refractivity contribution in [3.63, 3.8) is 0 Å². The number of carbonyl (C=O) groups excluding carboxylic acids is 1. The number of rotatable bonds is 7. The van der Waals surface area contributed by atoms with Crippen molar-refractivity contribution in [2.24, 2.45) is 0 Å². The normalized spacial score (nSPS) is 11.1. The Hall–Kier alpha value is -2.95. The van der Waals surface area contributed by atoms with Gasteiger partial charge in [0.1, 0.15) is 17.2 Å². The number of benzene rings is 2. The van der Waals surface area contributed by atoms with Gasteiger partial charge < -0.3 is 19.9 Å². The second-order valence-electron chi connectivity index (χ2n) is 5.42. The summed E-state index contributed by atoms with van der Waals surface area (Å²) in [4.78, 5) is 13.0. The van der Waals surface area contributed by atoms with Gasteiger partial charge >= 0.3 is 0 Å². The third-order valence-electron chi connectivity index (χ3n) is 3.92. The van der Waals surface area contributed by atoms with E-state index in [-0.39, 0.29) is 5.78 Å². The molecule has 0 radical (unpaired) electrons. The lowest BCUT2D eigenvalue weighted by Gasteiger charge is -2.11. The van der Waals surface area contributed by atoms with E-state index in [2.05, 4.69) is 0 Å². The molecule has 0 heterocycles. The van der Waals surface area contributed by atoms with Crippen LogP contribution in [0.2, 0.25) is 0 Å². The molecule has 5 nitrogen and oxygen atoms in total. The molecule has 2 N–H and O–H groups in total. The van der Waals surface area contributed by atoms with Crippen LogP contribution in [0.25, 0.3) is 6.08 Å². The Kier molecular flexibility index (Phi) is 6.06. The first-order valence-corrected chi connectivity index (χ1v) is 7.94. The zero-order valence-corrected chi connectivity index (χ0v) is 15.0. The number of ketones is 1. The fourth-order valence-corrected chi connectivity index (χ4v) is 2.54. The van der Waals surface area contributed by atoms with Crippen molar-refractivity contribution in [2.45, 2.75) is 13.3 Å². The Morgan fingerprint density at radius 1 is 1.00 bits per heavy atom. The molecule has 0 spiro atoms. The van der Waals surface area contributed by atoms with Gasteiger partial charge in [-0.2, -0.15) is 0 Å². The molecule has 2 aromatic rings. The average Bonchev–Trinajstić information content (AvgIpc) is 2.65. The number of allylic oxidation sites excluding steroid dienone is 1. The number of Topliss-reactive ketones (excluding diaryl/α,β-unsaturated/α-hetero) is 1. The highest BCUT2D eigenvalue weighted by atomic mass is 16.5. The van der Waals surface area contributed by atoms with Crippen molar-refractivity contribution in [3.8, 4) is 17.2 Å². The van der Waals surface area contributed by atoms with Crippen LogP contribution in [0.4, 0.5) is 5.69 Å². The Morgan fingerprint density at radius 2 is 1.68 bits per heavy atom. The summed E-state index contributed by atoms with van der Waals surface area (Å²) >= 11 is 0. The van der Waals surface area contributed by atoms with Crippen LogP contribution in [0.5, 0.6) is 17.2 Å². The zero-order chi connectivity index (χ0) is 18.4. The van der Waals surface area contributed by atoms with Crippen LogP contribution in [0.1, 0.15) is 29.3 Å². The van der Waals surface area contributed by atoms with Crippen LogP contribution in [-0.2, 0) is 0 Å². The monoisotopic (exact) mass is 341 g/mol. The van der Waals surface area contributed by atoms with Crippen molar-refractivity contribution in [3.05, 3.63) is 53.1 Å². The van der Waals surface area contributed by atoms with E-state index in [9.17, 15) is 4.79 Å². The molecule has 0 aromatic heterocycles. The van der Waals surface area contributed by atoms with Gasteiger partial charge in [0.15, 0.2) is 5.78 Å². The van der Waals surface area contributed by atoms with Gasteiger partial charge in [0, 0.05) is 5.57 Å². The maximum absolute atomic E-state index is 13.0. The molecular formula is C20H23NO4. The molecule has 0 bridgehead atoms. The molecule has 0 fully saturated rings. The fourth-order valence-electron chi connectivity index (χ4n) is 2.54. The topological polar surface area (TPSA) is 70.8 Å². The van der Waals surface area contributed by atoms with Crippen LogP contribution in [0, 0.1) is 0 Å². The lowest BCUT2D eigenvalue weighted by atomic mass is 9.98. The molecular weight excluding hydrogens is 318 g/mol. The van der Waals surface area contributed by atoms with Gasteiger partial charge in [-0.15, -0.1) is 0 Å². The summed E-state index contributed by atoms with van der Waals surface area (Å²) in [6.45, 7) is 1.93. The smallest absolute Gasteiger partial charge is 0.192 e. The van der Waals surface area contributed by atoms with E-state index in [0.717, 1.165) is 5.56 Å². The van der Waals surface area contributed by atoms with E-state index < -0.39 is 0 Å². The number of hydrogen-bond acceptors (Lipinski definition) is 5.